The molecule has 0 rings (SSSR count). The highest BCUT2D eigenvalue weighted by Gasteiger charge is 1.66. The van der Waals surface area contributed by atoms with E-state index in [1.54, 1.807) is 19.4 Å². The van der Waals surface area contributed by atoms with Gasteiger partial charge in [0, 0.05) is 6.21 Å². The second-order valence-electron chi connectivity index (χ2n) is 1.38. The zero-order valence-electron chi connectivity index (χ0n) is 5.95. The van der Waals surface area contributed by atoms with Crippen LogP contribution in [-0.2, 0) is 4.74 Å². The van der Waals surface area contributed by atoms with Gasteiger partial charge in [0.1, 0.15) is 6.67 Å². The van der Waals surface area contributed by atoms with Gasteiger partial charge in [0.05, 0.1) is 13.4 Å². The lowest BCUT2D eigenvalue weighted by Crippen LogP contribution is -2.03. The van der Waals surface area contributed by atoms with Gasteiger partial charge >= 0.3 is 0 Å². The highest BCUT2D eigenvalue weighted by molar-refractivity contribution is 5.70. The number of methoxy groups -OCH3 is 1. The molecule has 0 bridgehead atoms. The molecule has 0 aromatic carbocycles. The van der Waals surface area contributed by atoms with Crippen LogP contribution in [0, 0.1) is 0 Å². The summed E-state index contributed by atoms with van der Waals surface area (Å²) in [6.45, 7) is 3.69. The first-order valence-electron chi connectivity index (χ1n) is 2.78. The molecule has 0 heterocycles. The van der Waals surface area contributed by atoms with Crippen LogP contribution >= 0.6 is 0 Å². The minimum atomic E-state index is 0.428. The molecule has 4 heteroatoms. The Balaban J connectivity index is 3.19. The van der Waals surface area contributed by atoms with Gasteiger partial charge in [-0.25, -0.2) is 0 Å². The number of nitrogens with zero attached hydrogens (tertiary/aromatic N) is 2. The number of ether oxygens (including phenoxy) is 1. The molecule has 1 N–H and O–H groups in total. The number of hydrazone groups is 1. The SMILES string of the molecule is C=NCN/N=C\C=C\OC. The summed E-state index contributed by atoms with van der Waals surface area (Å²) in [5.41, 5.74) is 2.63. The van der Waals surface area contributed by atoms with Crippen LogP contribution in [-0.4, -0.2) is 26.7 Å². The molecule has 0 aliphatic carbocycles. The summed E-state index contributed by atoms with van der Waals surface area (Å²) < 4.78 is 4.61. The maximum Gasteiger partial charge on any atom is 0.122 e. The van der Waals surface area contributed by atoms with Gasteiger partial charge in [0.25, 0.3) is 0 Å². The van der Waals surface area contributed by atoms with Gasteiger partial charge in [0.15, 0.2) is 0 Å². The molecule has 0 aliphatic rings. The molecule has 0 saturated heterocycles. The molecular formula is C6H11N3O. The Morgan fingerprint density at radius 1 is 1.70 bits per heavy atom. The average Bonchev–Trinajstić information content (AvgIpc) is 1.97. The van der Waals surface area contributed by atoms with E-state index in [-0.39, 0.29) is 0 Å². The fourth-order valence-electron chi connectivity index (χ4n) is 0.300. The maximum atomic E-state index is 4.61. The van der Waals surface area contributed by atoms with Crippen molar-refractivity contribution >= 4 is 12.9 Å². The van der Waals surface area contributed by atoms with E-state index in [2.05, 4.69) is 27.0 Å². The lowest BCUT2D eigenvalue weighted by atomic mass is 10.7. The molecule has 0 unspecified atom stereocenters. The molecule has 0 fully saturated rings. The van der Waals surface area contributed by atoms with Gasteiger partial charge in [-0.3, -0.25) is 10.4 Å². The van der Waals surface area contributed by atoms with Gasteiger partial charge in [-0.1, -0.05) is 0 Å². The molecule has 0 radical (unpaired) electrons. The fraction of sp³-hybridized carbons (Fsp3) is 0.333. The largest absolute Gasteiger partial charge is 0.504 e. The number of allylic oxidation sites excluding steroid dienone is 1. The van der Waals surface area contributed by atoms with Crippen LogP contribution < -0.4 is 5.43 Å². The van der Waals surface area contributed by atoms with Crippen molar-refractivity contribution in [2.75, 3.05) is 13.8 Å². The first-order valence-corrected chi connectivity index (χ1v) is 2.78. The van der Waals surface area contributed by atoms with Crippen molar-refractivity contribution in [2.45, 2.75) is 0 Å². The van der Waals surface area contributed by atoms with Crippen molar-refractivity contribution < 1.29 is 4.74 Å². The van der Waals surface area contributed by atoms with Crippen LogP contribution in [0.25, 0.3) is 0 Å². The van der Waals surface area contributed by atoms with E-state index in [0.717, 1.165) is 0 Å². The molecule has 0 aliphatic heterocycles. The Kier molecular flexibility index (Phi) is 6.67. The number of rotatable bonds is 5. The minimum absolute atomic E-state index is 0.428. The van der Waals surface area contributed by atoms with Gasteiger partial charge in [-0.15, -0.1) is 0 Å². The first kappa shape index (κ1) is 8.68. The van der Waals surface area contributed by atoms with E-state index < -0.39 is 0 Å². The fourth-order valence-corrected chi connectivity index (χ4v) is 0.300. The van der Waals surface area contributed by atoms with E-state index in [1.165, 1.54) is 6.26 Å². The van der Waals surface area contributed by atoms with Crippen LogP contribution in [0.4, 0.5) is 0 Å². The molecule has 10 heavy (non-hydrogen) atoms. The molecule has 0 spiro atoms. The first-order chi connectivity index (χ1) is 4.91. The van der Waals surface area contributed by atoms with Gasteiger partial charge in [0.2, 0.25) is 0 Å². The highest BCUT2D eigenvalue weighted by atomic mass is 16.5. The Morgan fingerprint density at radius 3 is 3.10 bits per heavy atom. The minimum Gasteiger partial charge on any atom is -0.504 e. The van der Waals surface area contributed by atoms with Crippen molar-refractivity contribution in [3.8, 4) is 0 Å². The molecular weight excluding hydrogens is 130 g/mol. The van der Waals surface area contributed by atoms with E-state index in [1.807, 2.05) is 0 Å². The van der Waals surface area contributed by atoms with E-state index >= 15 is 0 Å². The monoisotopic (exact) mass is 141 g/mol. The second kappa shape index (κ2) is 7.68. The smallest absolute Gasteiger partial charge is 0.122 e. The summed E-state index contributed by atoms with van der Waals surface area (Å²) in [6.07, 6.45) is 4.75. The standard InChI is InChI=1S/C6H11N3O/c1-7-6-9-8-4-3-5-10-2/h3-5,9H,1,6H2,2H3/b5-3+,8-4-. The Labute approximate surface area is 60.3 Å². The number of hydrogen-bond donors (Lipinski definition) is 1. The molecule has 0 atom stereocenters. The summed E-state index contributed by atoms with van der Waals surface area (Å²) in [5.74, 6) is 0. The van der Waals surface area contributed by atoms with Gasteiger partial charge in [-0.2, -0.15) is 5.10 Å². The third kappa shape index (κ3) is 6.68. The zero-order chi connectivity index (χ0) is 7.66. The van der Waals surface area contributed by atoms with Crippen LogP contribution in [0.3, 0.4) is 0 Å². The molecule has 0 saturated carbocycles. The maximum absolute atomic E-state index is 4.61. The Morgan fingerprint density at radius 2 is 2.50 bits per heavy atom. The third-order valence-electron chi connectivity index (χ3n) is 0.649. The number of hydrogen-bond acceptors (Lipinski definition) is 4. The van der Waals surface area contributed by atoms with E-state index in [0.29, 0.717) is 6.67 Å². The van der Waals surface area contributed by atoms with Gasteiger partial charge in [-0.05, 0) is 12.8 Å². The van der Waals surface area contributed by atoms with Crippen molar-refractivity contribution in [1.82, 2.24) is 5.43 Å². The van der Waals surface area contributed by atoms with Crippen LogP contribution in [0.5, 0.6) is 0 Å². The average molecular weight is 141 g/mol. The van der Waals surface area contributed by atoms with Crippen LogP contribution in [0.15, 0.2) is 22.4 Å². The number of nitrogens with one attached hydrogen (secondary N) is 1. The zero-order valence-corrected chi connectivity index (χ0v) is 5.95. The lowest BCUT2D eigenvalue weighted by molar-refractivity contribution is 0.338. The predicted octanol–water partition coefficient (Wildman–Crippen LogP) is 0.380. The quantitative estimate of drug-likeness (QED) is 0.260. The lowest BCUT2D eigenvalue weighted by Gasteiger charge is -1.88. The van der Waals surface area contributed by atoms with E-state index in [9.17, 15) is 0 Å². The molecule has 0 aromatic heterocycles. The molecule has 0 aromatic rings. The summed E-state index contributed by atoms with van der Waals surface area (Å²) in [5, 5.41) is 3.72. The molecule has 0 amide bonds. The van der Waals surface area contributed by atoms with Crippen LogP contribution in [0.2, 0.25) is 0 Å². The summed E-state index contributed by atoms with van der Waals surface area (Å²) in [7, 11) is 1.57. The van der Waals surface area contributed by atoms with Crippen molar-refractivity contribution in [3.05, 3.63) is 12.3 Å². The van der Waals surface area contributed by atoms with Crippen molar-refractivity contribution in [3.63, 3.8) is 0 Å². The topological polar surface area (TPSA) is 46.0 Å². The Bertz CT molecular complexity index is 131. The predicted molar refractivity (Wildman–Crippen MR) is 42.2 cm³/mol. The summed E-state index contributed by atoms with van der Waals surface area (Å²) in [6, 6.07) is 0. The normalized spacial score (nSPS) is 10.5. The van der Waals surface area contributed by atoms with Gasteiger partial charge < -0.3 is 4.74 Å². The molecule has 4 nitrogen and oxygen atoms in total. The summed E-state index contributed by atoms with van der Waals surface area (Å²) >= 11 is 0. The van der Waals surface area contributed by atoms with Crippen molar-refractivity contribution in [2.24, 2.45) is 10.1 Å². The van der Waals surface area contributed by atoms with Crippen LogP contribution in [0.1, 0.15) is 0 Å². The number of aliphatic imine (C=N–C) groups is 1. The third-order valence-corrected chi connectivity index (χ3v) is 0.649. The van der Waals surface area contributed by atoms with E-state index in [4.69, 9.17) is 0 Å². The van der Waals surface area contributed by atoms with Crippen molar-refractivity contribution in [1.29, 1.82) is 0 Å². The molecule has 56 valence electrons. The summed E-state index contributed by atoms with van der Waals surface area (Å²) in [4.78, 5) is 3.52. The Hall–Kier alpha value is -1.32. The highest BCUT2D eigenvalue weighted by Crippen LogP contribution is 1.67. The second-order valence-corrected chi connectivity index (χ2v) is 1.38.